The molecule has 3 N–H and O–H groups in total. The summed E-state index contributed by atoms with van der Waals surface area (Å²) in [5.74, 6) is -0.196. The number of hydrogen-bond donors (Lipinski definition) is 3. The van der Waals surface area contributed by atoms with Gasteiger partial charge in [0.15, 0.2) is 4.77 Å². The molecule has 0 saturated heterocycles. The number of benzene rings is 1. The van der Waals surface area contributed by atoms with Crippen LogP contribution in [0.5, 0.6) is 0 Å². The van der Waals surface area contributed by atoms with Crippen molar-refractivity contribution in [2.75, 3.05) is 6.54 Å². The van der Waals surface area contributed by atoms with Gasteiger partial charge in [-0.2, -0.15) is 0 Å². The minimum atomic E-state index is -0.269. The normalized spacial score (nSPS) is 10.8. The zero-order valence-corrected chi connectivity index (χ0v) is 13.9. The highest BCUT2D eigenvalue weighted by molar-refractivity contribution is 7.71. The first-order chi connectivity index (χ1) is 11.0. The average Bonchev–Trinajstić information content (AvgIpc) is 2.91. The topological polar surface area (TPSA) is 90.6 Å². The van der Waals surface area contributed by atoms with E-state index in [-0.39, 0.29) is 16.2 Å². The van der Waals surface area contributed by atoms with Crippen molar-refractivity contribution in [3.63, 3.8) is 0 Å². The summed E-state index contributed by atoms with van der Waals surface area (Å²) in [7, 11) is 0. The molecular weight excluding hydrogens is 332 g/mol. The van der Waals surface area contributed by atoms with Crippen LogP contribution in [-0.4, -0.2) is 27.4 Å². The number of fused-ring (bicyclic) bond motifs is 1. The van der Waals surface area contributed by atoms with Crippen LogP contribution in [0.4, 0.5) is 0 Å². The first kappa shape index (κ1) is 15.6. The van der Waals surface area contributed by atoms with E-state index in [4.69, 9.17) is 12.2 Å². The molecule has 0 radical (unpaired) electrons. The number of aromatic amines is 2. The number of nitrogens with zero attached hydrogens (tertiary/aromatic N) is 1. The van der Waals surface area contributed by atoms with Crippen LogP contribution in [0.15, 0.2) is 28.4 Å². The third kappa shape index (κ3) is 3.54. The summed E-state index contributed by atoms with van der Waals surface area (Å²) in [5, 5.41) is 6.32. The zero-order chi connectivity index (χ0) is 16.4. The maximum Gasteiger partial charge on any atom is 0.259 e. The molecule has 0 bridgehead atoms. The number of thiazole rings is 1. The molecule has 3 aromatic rings. The number of carbonyl (C=O) groups excluding carboxylic acids is 1. The molecule has 0 fully saturated rings. The molecule has 23 heavy (non-hydrogen) atoms. The van der Waals surface area contributed by atoms with Crippen LogP contribution in [0, 0.1) is 11.7 Å². The van der Waals surface area contributed by atoms with Gasteiger partial charge in [0.05, 0.1) is 21.6 Å². The van der Waals surface area contributed by atoms with E-state index in [9.17, 15) is 9.59 Å². The van der Waals surface area contributed by atoms with E-state index in [1.165, 1.54) is 0 Å². The van der Waals surface area contributed by atoms with Crippen molar-refractivity contribution < 1.29 is 4.79 Å². The average molecular weight is 346 g/mol. The number of H-pyrrole nitrogens is 2. The van der Waals surface area contributed by atoms with Crippen molar-refractivity contribution in [1.29, 1.82) is 0 Å². The Labute approximate surface area is 140 Å². The van der Waals surface area contributed by atoms with Gasteiger partial charge in [0, 0.05) is 23.9 Å². The largest absolute Gasteiger partial charge is 0.352 e. The summed E-state index contributed by atoms with van der Waals surface area (Å²) in [6, 6.07) is 4.86. The molecule has 0 aliphatic heterocycles. The van der Waals surface area contributed by atoms with Gasteiger partial charge in [-0.3, -0.25) is 14.6 Å². The second kappa shape index (κ2) is 6.43. The minimum Gasteiger partial charge on any atom is -0.352 e. The molecule has 3 rings (SSSR count). The maximum absolute atomic E-state index is 12.2. The summed E-state index contributed by atoms with van der Waals surface area (Å²) in [6.45, 7) is 2.46. The molecule has 8 heteroatoms. The molecule has 0 saturated carbocycles. The molecule has 0 spiro atoms. The minimum absolute atomic E-state index is 0.196. The summed E-state index contributed by atoms with van der Waals surface area (Å²) < 4.78 is 0.235. The van der Waals surface area contributed by atoms with Gasteiger partial charge in [-0.05, 0) is 37.3 Å². The van der Waals surface area contributed by atoms with Crippen LogP contribution >= 0.6 is 23.6 Å². The van der Waals surface area contributed by atoms with Crippen molar-refractivity contribution >= 4 is 40.4 Å². The van der Waals surface area contributed by atoms with E-state index in [0.717, 1.165) is 10.7 Å². The fourth-order valence-corrected chi connectivity index (χ4v) is 3.09. The van der Waals surface area contributed by atoms with Crippen molar-refractivity contribution in [3.05, 3.63) is 55.0 Å². The highest BCUT2D eigenvalue weighted by Gasteiger charge is 2.08. The summed E-state index contributed by atoms with van der Waals surface area (Å²) >= 11 is 6.54. The smallest absolute Gasteiger partial charge is 0.259 e. The van der Waals surface area contributed by atoms with Crippen LogP contribution in [0.3, 0.4) is 0 Å². The SMILES string of the molecule is Cc1nc(CCNC(=O)c2ccc3c(=O)[nH]c(=S)[nH]c3c2)cs1. The lowest BCUT2D eigenvalue weighted by atomic mass is 10.1. The van der Waals surface area contributed by atoms with Gasteiger partial charge in [-0.1, -0.05) is 0 Å². The first-order valence-corrected chi connectivity index (χ1v) is 8.27. The molecule has 1 amide bonds. The number of aromatic nitrogens is 3. The van der Waals surface area contributed by atoms with Crippen molar-refractivity contribution in [1.82, 2.24) is 20.3 Å². The predicted molar refractivity (Wildman–Crippen MR) is 92.6 cm³/mol. The monoisotopic (exact) mass is 346 g/mol. The van der Waals surface area contributed by atoms with Crippen LogP contribution in [0.1, 0.15) is 21.1 Å². The lowest BCUT2D eigenvalue weighted by Gasteiger charge is -2.05. The Kier molecular flexibility index (Phi) is 4.35. The standard InChI is InChI=1S/C15H14N4O2S2/c1-8-17-10(7-23-8)4-5-16-13(20)9-2-3-11-12(6-9)18-15(22)19-14(11)21/h2-3,6-7H,4-5H2,1H3,(H,16,20)(H2,18,19,21,22). The van der Waals surface area contributed by atoms with Crippen molar-refractivity contribution in [2.24, 2.45) is 0 Å². The van der Waals surface area contributed by atoms with Crippen LogP contribution in [0.2, 0.25) is 0 Å². The molecule has 0 aliphatic rings. The summed E-state index contributed by atoms with van der Waals surface area (Å²) in [5.41, 5.74) is 1.72. The van der Waals surface area contributed by atoms with Gasteiger partial charge in [0.1, 0.15) is 0 Å². The third-order valence-corrected chi connectivity index (χ3v) is 4.36. The molecule has 2 heterocycles. The van der Waals surface area contributed by atoms with E-state index in [2.05, 4.69) is 20.3 Å². The Morgan fingerprint density at radius 1 is 1.39 bits per heavy atom. The van der Waals surface area contributed by atoms with Gasteiger partial charge in [0.2, 0.25) is 0 Å². The van der Waals surface area contributed by atoms with Gasteiger partial charge >= 0.3 is 0 Å². The van der Waals surface area contributed by atoms with E-state index in [1.807, 2.05) is 12.3 Å². The fourth-order valence-electron chi connectivity index (χ4n) is 2.24. The van der Waals surface area contributed by atoms with E-state index >= 15 is 0 Å². The third-order valence-electron chi connectivity index (χ3n) is 3.33. The number of hydrogen-bond acceptors (Lipinski definition) is 5. The van der Waals surface area contributed by atoms with Crippen molar-refractivity contribution in [3.8, 4) is 0 Å². The van der Waals surface area contributed by atoms with Gasteiger partial charge in [-0.25, -0.2) is 4.98 Å². The quantitative estimate of drug-likeness (QED) is 0.632. The van der Waals surface area contributed by atoms with E-state index in [0.29, 0.717) is 29.4 Å². The second-order valence-corrected chi connectivity index (χ2v) is 6.50. The van der Waals surface area contributed by atoms with Gasteiger partial charge in [0.25, 0.3) is 11.5 Å². The molecule has 0 atom stereocenters. The van der Waals surface area contributed by atoms with Crippen LogP contribution < -0.4 is 10.9 Å². The Morgan fingerprint density at radius 3 is 2.96 bits per heavy atom. The summed E-state index contributed by atoms with van der Waals surface area (Å²) in [4.78, 5) is 33.7. The number of carbonyl (C=O) groups is 1. The van der Waals surface area contributed by atoms with Crippen LogP contribution in [-0.2, 0) is 6.42 Å². The molecule has 1 aromatic carbocycles. The lowest BCUT2D eigenvalue weighted by Crippen LogP contribution is -2.25. The maximum atomic E-state index is 12.2. The number of rotatable bonds is 4. The van der Waals surface area contributed by atoms with Gasteiger partial charge in [-0.15, -0.1) is 11.3 Å². The number of nitrogens with one attached hydrogen (secondary N) is 3. The molecule has 118 valence electrons. The first-order valence-electron chi connectivity index (χ1n) is 6.98. The Bertz CT molecular complexity index is 987. The number of aryl methyl sites for hydroxylation is 1. The molecule has 2 aromatic heterocycles. The Morgan fingerprint density at radius 2 is 2.22 bits per heavy atom. The fraction of sp³-hybridized carbons (Fsp3) is 0.200. The van der Waals surface area contributed by atoms with Gasteiger partial charge < -0.3 is 10.3 Å². The number of amides is 1. The molecule has 0 aliphatic carbocycles. The highest BCUT2D eigenvalue weighted by Crippen LogP contribution is 2.10. The highest BCUT2D eigenvalue weighted by atomic mass is 32.1. The molecular formula is C15H14N4O2S2. The molecule has 6 nitrogen and oxygen atoms in total. The van der Waals surface area contributed by atoms with Crippen LogP contribution in [0.25, 0.3) is 10.9 Å². The Hall–Kier alpha value is -2.32. The predicted octanol–water partition coefficient (Wildman–Crippen LogP) is 2.32. The van der Waals surface area contributed by atoms with E-state index in [1.54, 1.807) is 29.5 Å². The van der Waals surface area contributed by atoms with Crippen molar-refractivity contribution in [2.45, 2.75) is 13.3 Å². The Balaban J connectivity index is 1.73. The van der Waals surface area contributed by atoms with E-state index < -0.39 is 0 Å². The molecule has 0 unspecified atom stereocenters. The summed E-state index contributed by atoms with van der Waals surface area (Å²) in [6.07, 6.45) is 0.686. The lowest BCUT2D eigenvalue weighted by molar-refractivity contribution is 0.0954. The zero-order valence-electron chi connectivity index (χ0n) is 12.3. The second-order valence-electron chi connectivity index (χ2n) is 5.03.